The Balaban J connectivity index is 2.34. The van der Waals surface area contributed by atoms with Crippen LogP contribution in [0.3, 0.4) is 0 Å². The molecule has 0 spiro atoms. The summed E-state index contributed by atoms with van der Waals surface area (Å²) < 4.78 is 5.37. The van der Waals surface area contributed by atoms with E-state index in [4.69, 9.17) is 4.74 Å². The van der Waals surface area contributed by atoms with Crippen molar-refractivity contribution in [2.75, 3.05) is 13.1 Å². The number of fused-ring (bicyclic) bond motifs is 1. The Labute approximate surface area is 274 Å². The largest absolute Gasteiger partial charge is 0.461 e. The van der Waals surface area contributed by atoms with Gasteiger partial charge in [0.1, 0.15) is 18.1 Å². The van der Waals surface area contributed by atoms with Gasteiger partial charge in [0.25, 0.3) is 5.91 Å². The van der Waals surface area contributed by atoms with E-state index in [0.29, 0.717) is 13.0 Å². The number of amides is 5. The van der Waals surface area contributed by atoms with Crippen molar-refractivity contribution in [2.45, 2.75) is 126 Å². The zero-order chi connectivity index (χ0) is 35.4. The lowest BCUT2D eigenvalue weighted by atomic mass is 9.85. The van der Waals surface area contributed by atoms with E-state index in [1.165, 1.54) is 11.0 Å². The van der Waals surface area contributed by atoms with E-state index in [2.05, 4.69) is 27.8 Å². The van der Waals surface area contributed by atoms with E-state index in [0.717, 1.165) is 6.42 Å². The molecule has 0 aromatic heterocycles. The topological polar surface area (TPSA) is 163 Å². The smallest absolute Gasteiger partial charge is 0.329 e. The van der Waals surface area contributed by atoms with Gasteiger partial charge in [0.05, 0.1) is 12.1 Å². The van der Waals surface area contributed by atoms with Crippen molar-refractivity contribution in [3.05, 3.63) is 12.7 Å². The molecule has 1 saturated heterocycles. The van der Waals surface area contributed by atoms with Crippen molar-refractivity contribution >= 4 is 35.5 Å². The molecule has 46 heavy (non-hydrogen) atoms. The average Bonchev–Trinajstić information content (AvgIpc) is 3.25. The molecule has 0 radical (unpaired) electrons. The first kappa shape index (κ1) is 38.7. The Morgan fingerprint density at radius 3 is 2.02 bits per heavy atom. The van der Waals surface area contributed by atoms with Crippen LogP contribution in [0.1, 0.15) is 95.4 Å². The summed E-state index contributed by atoms with van der Waals surface area (Å²) in [4.78, 5) is 81.5. The molecule has 260 valence electrons. The third-order valence-electron chi connectivity index (χ3n) is 8.99. The van der Waals surface area contributed by atoms with Gasteiger partial charge in [-0.25, -0.2) is 9.59 Å². The summed E-state index contributed by atoms with van der Waals surface area (Å²) in [6, 6.07) is -4.68. The second-order valence-corrected chi connectivity index (χ2v) is 15.7. The first-order valence-electron chi connectivity index (χ1n) is 16.4. The van der Waals surface area contributed by atoms with E-state index in [9.17, 15) is 28.8 Å². The summed E-state index contributed by atoms with van der Waals surface area (Å²) in [5.41, 5.74) is -1.65. The minimum Gasteiger partial charge on any atom is -0.461 e. The quantitative estimate of drug-likeness (QED) is 0.128. The number of ketones is 1. The lowest BCUT2D eigenvalue weighted by molar-refractivity contribution is -0.152. The Bertz CT molecular complexity index is 1180. The van der Waals surface area contributed by atoms with Crippen molar-refractivity contribution in [1.29, 1.82) is 0 Å². The van der Waals surface area contributed by atoms with E-state index in [-0.39, 0.29) is 36.3 Å². The molecule has 1 saturated carbocycles. The summed E-state index contributed by atoms with van der Waals surface area (Å²) in [5, 5.41) is 10.8. The van der Waals surface area contributed by atoms with Crippen LogP contribution in [-0.4, -0.2) is 83.8 Å². The van der Waals surface area contributed by atoms with Crippen LogP contribution >= 0.6 is 0 Å². The summed E-state index contributed by atoms with van der Waals surface area (Å²) in [5.74, 6) is -3.18. The number of piperidine rings is 1. The highest BCUT2D eigenvalue weighted by molar-refractivity contribution is 6.38. The van der Waals surface area contributed by atoms with Crippen LogP contribution in [-0.2, 0) is 28.7 Å². The van der Waals surface area contributed by atoms with E-state index < -0.39 is 70.5 Å². The molecule has 1 aliphatic heterocycles. The van der Waals surface area contributed by atoms with Gasteiger partial charge in [0, 0.05) is 13.1 Å². The number of urea groups is 1. The van der Waals surface area contributed by atoms with Crippen LogP contribution in [0.5, 0.6) is 0 Å². The van der Waals surface area contributed by atoms with Gasteiger partial charge in [-0.3, -0.25) is 19.2 Å². The second kappa shape index (κ2) is 15.0. The number of hydrogen-bond donors (Lipinski definition) is 4. The SMILES string of the molecule is C=CCNC(=O)C(=O)C(CCCC)NC(=O)[C@@H]1[C@@H]2[C@H](CN1C(=O)[C@@H](NC(=O)N[C@H](C(=O)OC(C)C)C(C)(C)C)C(C)(C)C)C2(C)C. The van der Waals surface area contributed by atoms with Gasteiger partial charge in [-0.1, -0.05) is 81.2 Å². The number of hydrogen-bond acceptors (Lipinski definition) is 7. The standard InChI is InChI=1S/C34H57N5O7/c1-13-15-16-21(24(40)28(42)35-17-14-2)36-27(41)23-22-20(34(22,11)12)18-39(23)29(43)25(32(5,6)7)37-31(45)38-26(33(8,9)10)30(44)46-19(3)4/h14,19-23,25-26H,2,13,15-18H2,1,3-12H3,(H,35,42)(H,36,41)(H2,37,38,45)/t20-,21?,22-,23-,25+,26+/m0/s1. The van der Waals surface area contributed by atoms with Crippen LogP contribution < -0.4 is 21.3 Å². The Morgan fingerprint density at radius 2 is 1.52 bits per heavy atom. The van der Waals surface area contributed by atoms with Crippen molar-refractivity contribution in [3.8, 4) is 0 Å². The highest BCUT2D eigenvalue weighted by Crippen LogP contribution is 2.65. The molecule has 0 bridgehead atoms. The van der Waals surface area contributed by atoms with Crippen molar-refractivity contribution in [3.63, 3.8) is 0 Å². The third-order valence-corrected chi connectivity index (χ3v) is 8.99. The number of Topliss-reactive ketones (excluding diaryl/α,β-unsaturated/α-hetero) is 1. The molecule has 1 unspecified atom stereocenters. The number of nitrogens with zero attached hydrogens (tertiary/aromatic N) is 1. The number of carbonyl (C=O) groups is 6. The van der Waals surface area contributed by atoms with Crippen LogP contribution in [0.2, 0.25) is 0 Å². The number of rotatable bonds is 14. The van der Waals surface area contributed by atoms with Gasteiger partial charge in [-0.15, -0.1) is 6.58 Å². The molecule has 5 amide bonds. The highest BCUT2D eigenvalue weighted by atomic mass is 16.5. The Kier molecular flexibility index (Phi) is 12.6. The summed E-state index contributed by atoms with van der Waals surface area (Å²) >= 11 is 0. The zero-order valence-electron chi connectivity index (χ0n) is 29.7. The van der Waals surface area contributed by atoms with Gasteiger partial charge >= 0.3 is 12.0 Å². The van der Waals surface area contributed by atoms with E-state index in [1.54, 1.807) is 55.4 Å². The summed E-state index contributed by atoms with van der Waals surface area (Å²) in [7, 11) is 0. The first-order valence-corrected chi connectivity index (χ1v) is 16.4. The fourth-order valence-electron chi connectivity index (χ4n) is 6.21. The van der Waals surface area contributed by atoms with Crippen molar-refractivity contribution in [2.24, 2.45) is 28.1 Å². The molecular weight excluding hydrogens is 590 g/mol. The first-order chi connectivity index (χ1) is 21.1. The predicted molar refractivity (Wildman–Crippen MR) is 175 cm³/mol. The average molecular weight is 648 g/mol. The van der Waals surface area contributed by atoms with Crippen LogP contribution in [0.15, 0.2) is 12.7 Å². The van der Waals surface area contributed by atoms with Gasteiger partial charge < -0.3 is 30.9 Å². The third kappa shape index (κ3) is 9.31. The number of esters is 1. The molecule has 12 heteroatoms. The Hall–Kier alpha value is -3.44. The fraction of sp³-hybridized carbons (Fsp3) is 0.765. The molecule has 1 heterocycles. The molecule has 0 aromatic rings. The van der Waals surface area contributed by atoms with Crippen molar-refractivity contribution < 1.29 is 33.5 Å². The van der Waals surface area contributed by atoms with Gasteiger partial charge in [-0.05, 0) is 48.3 Å². The zero-order valence-corrected chi connectivity index (χ0v) is 29.7. The molecule has 2 rings (SSSR count). The molecule has 2 fully saturated rings. The minimum absolute atomic E-state index is 0.0541. The van der Waals surface area contributed by atoms with Crippen LogP contribution in [0, 0.1) is 28.1 Å². The van der Waals surface area contributed by atoms with Crippen LogP contribution in [0.4, 0.5) is 4.79 Å². The van der Waals surface area contributed by atoms with Crippen molar-refractivity contribution in [1.82, 2.24) is 26.2 Å². The maximum Gasteiger partial charge on any atom is 0.329 e. The minimum atomic E-state index is -1.05. The molecule has 0 aromatic carbocycles. The van der Waals surface area contributed by atoms with Crippen LogP contribution in [0.25, 0.3) is 0 Å². The molecule has 2 aliphatic rings. The highest BCUT2D eigenvalue weighted by Gasteiger charge is 2.70. The lowest BCUT2D eigenvalue weighted by Gasteiger charge is -2.38. The summed E-state index contributed by atoms with van der Waals surface area (Å²) in [6.07, 6.45) is 2.73. The normalized spacial score (nSPS) is 22.1. The number of nitrogens with one attached hydrogen (secondary N) is 4. The number of ether oxygens (including phenoxy) is 1. The molecular formula is C34H57N5O7. The van der Waals surface area contributed by atoms with Gasteiger partial charge in [0.2, 0.25) is 17.6 Å². The molecule has 12 nitrogen and oxygen atoms in total. The Morgan fingerprint density at radius 1 is 0.957 bits per heavy atom. The second-order valence-electron chi connectivity index (χ2n) is 15.7. The lowest BCUT2D eigenvalue weighted by Crippen LogP contribution is -2.62. The maximum atomic E-state index is 14.3. The monoisotopic (exact) mass is 647 g/mol. The molecule has 4 N–H and O–H groups in total. The number of likely N-dealkylation sites (tertiary alicyclic amines) is 1. The number of carbonyl (C=O) groups excluding carboxylic acids is 6. The molecule has 1 aliphatic carbocycles. The predicted octanol–water partition coefficient (Wildman–Crippen LogP) is 3.10. The molecule has 6 atom stereocenters. The van der Waals surface area contributed by atoms with E-state index >= 15 is 0 Å². The number of unbranched alkanes of at least 4 members (excludes halogenated alkanes) is 1. The van der Waals surface area contributed by atoms with E-state index in [1.807, 2.05) is 20.8 Å². The maximum absolute atomic E-state index is 14.3. The fourth-order valence-corrected chi connectivity index (χ4v) is 6.21. The van der Waals surface area contributed by atoms with Gasteiger partial charge in [-0.2, -0.15) is 0 Å². The summed E-state index contributed by atoms with van der Waals surface area (Å²) in [6.45, 7) is 24.3. The van der Waals surface area contributed by atoms with Gasteiger partial charge in [0.15, 0.2) is 0 Å².